The van der Waals surface area contributed by atoms with E-state index < -0.39 is 31.6 Å². The number of ketones is 1. The van der Waals surface area contributed by atoms with Gasteiger partial charge in [0.1, 0.15) is 5.78 Å². The van der Waals surface area contributed by atoms with Gasteiger partial charge in [0, 0.05) is 25.4 Å². The largest absolute Gasteiger partial charge is 0.469 e. The fourth-order valence-electron chi connectivity index (χ4n) is 6.10. The van der Waals surface area contributed by atoms with Crippen molar-refractivity contribution in [3.05, 3.63) is 57.6 Å². The number of benzene rings is 2. The number of sulfone groups is 2. The number of halogens is 2. The Kier molecular flexibility index (Phi) is 15.9. The lowest BCUT2D eigenvalue weighted by Gasteiger charge is -2.19. The molecule has 1 unspecified atom stereocenters. The lowest BCUT2D eigenvalue weighted by molar-refractivity contribution is -0.143. The van der Waals surface area contributed by atoms with Crippen molar-refractivity contribution < 1.29 is 40.7 Å². The van der Waals surface area contributed by atoms with Crippen molar-refractivity contribution in [3.8, 4) is 0 Å². The van der Waals surface area contributed by atoms with Gasteiger partial charge in [-0.1, -0.05) is 74.9 Å². The number of hydrogen-bond donors (Lipinski definition) is 0. The first-order valence-electron chi connectivity index (χ1n) is 15.7. The SMILES string of the molecule is CC.COC(=O)[C@H](CC1CCC(=O)C1)c1ccc(S(C)(=O)=O)c(Cl)c1.COC(=O)[C@H](CC1CCCC1)c1ccc(S(C)(=O)=O)c(Cl)c1. The van der Waals surface area contributed by atoms with Crippen LogP contribution in [0, 0.1) is 11.8 Å². The van der Waals surface area contributed by atoms with Crippen LogP contribution in [0.5, 0.6) is 0 Å². The smallest absolute Gasteiger partial charge is 0.313 e. The molecule has 2 aromatic rings. The highest BCUT2D eigenvalue weighted by atomic mass is 35.5. The normalized spacial score (nSPS) is 17.9. The van der Waals surface area contributed by atoms with Gasteiger partial charge in [-0.2, -0.15) is 0 Å². The molecule has 47 heavy (non-hydrogen) atoms. The quantitative estimate of drug-likeness (QED) is 0.229. The number of rotatable bonds is 10. The van der Waals surface area contributed by atoms with Gasteiger partial charge in [-0.05, 0) is 66.5 Å². The second-order valence-corrected chi connectivity index (χ2v) is 16.6. The fourth-order valence-corrected chi connectivity index (χ4v) is 8.77. The maximum absolute atomic E-state index is 12.1. The van der Waals surface area contributed by atoms with Crippen LogP contribution >= 0.6 is 23.2 Å². The van der Waals surface area contributed by atoms with Crippen LogP contribution in [0.2, 0.25) is 10.0 Å². The minimum atomic E-state index is -3.42. The van der Waals surface area contributed by atoms with E-state index in [0.717, 1.165) is 43.8 Å². The van der Waals surface area contributed by atoms with E-state index in [1.807, 2.05) is 13.8 Å². The molecular weight excluding hydrogens is 687 g/mol. The van der Waals surface area contributed by atoms with E-state index in [1.54, 1.807) is 18.2 Å². The Hall–Kier alpha value is -2.47. The summed E-state index contributed by atoms with van der Waals surface area (Å²) in [5.74, 6) is -0.787. The first-order chi connectivity index (χ1) is 22.0. The Morgan fingerprint density at radius 3 is 1.47 bits per heavy atom. The van der Waals surface area contributed by atoms with Crippen LogP contribution in [0.25, 0.3) is 0 Å². The van der Waals surface area contributed by atoms with E-state index in [9.17, 15) is 31.2 Å². The van der Waals surface area contributed by atoms with Gasteiger partial charge in [0.25, 0.3) is 0 Å². The van der Waals surface area contributed by atoms with Crippen molar-refractivity contribution in [2.24, 2.45) is 11.8 Å². The van der Waals surface area contributed by atoms with Gasteiger partial charge in [0.2, 0.25) is 0 Å². The van der Waals surface area contributed by atoms with E-state index in [2.05, 4.69) is 0 Å². The van der Waals surface area contributed by atoms with Crippen molar-refractivity contribution in [2.75, 3.05) is 26.7 Å². The molecule has 4 rings (SSSR count). The van der Waals surface area contributed by atoms with Crippen LogP contribution in [0.3, 0.4) is 0 Å². The van der Waals surface area contributed by atoms with Crippen LogP contribution in [-0.4, -0.2) is 61.3 Å². The van der Waals surface area contributed by atoms with Gasteiger partial charge in [-0.3, -0.25) is 14.4 Å². The van der Waals surface area contributed by atoms with E-state index in [0.29, 0.717) is 30.7 Å². The molecule has 0 spiro atoms. The zero-order chi connectivity index (χ0) is 35.5. The monoisotopic (exact) mass is 732 g/mol. The molecule has 2 aromatic carbocycles. The molecule has 0 aliphatic heterocycles. The predicted octanol–water partition coefficient (Wildman–Crippen LogP) is 7.37. The molecule has 13 heteroatoms. The molecule has 2 aliphatic rings. The molecule has 3 atom stereocenters. The maximum atomic E-state index is 12.1. The average molecular weight is 734 g/mol. The van der Waals surface area contributed by atoms with Crippen LogP contribution < -0.4 is 0 Å². The summed E-state index contributed by atoms with van der Waals surface area (Å²) < 4.78 is 56.3. The summed E-state index contributed by atoms with van der Waals surface area (Å²) in [4.78, 5) is 35.7. The molecule has 0 heterocycles. The summed E-state index contributed by atoms with van der Waals surface area (Å²) in [5, 5.41) is 0.238. The van der Waals surface area contributed by atoms with E-state index in [4.69, 9.17) is 32.7 Å². The molecule has 2 fully saturated rings. The van der Waals surface area contributed by atoms with Crippen LogP contribution in [0.4, 0.5) is 0 Å². The molecule has 9 nitrogen and oxygen atoms in total. The topological polar surface area (TPSA) is 138 Å². The van der Waals surface area contributed by atoms with Crippen molar-refractivity contribution in [1.29, 1.82) is 0 Å². The zero-order valence-corrected chi connectivity index (χ0v) is 31.0. The van der Waals surface area contributed by atoms with Gasteiger partial charge >= 0.3 is 11.9 Å². The second-order valence-electron chi connectivity index (χ2n) is 11.8. The van der Waals surface area contributed by atoms with Gasteiger partial charge in [0.05, 0.1) is 45.9 Å². The summed E-state index contributed by atoms with van der Waals surface area (Å²) in [5.41, 5.74) is 1.32. The number of methoxy groups -OCH3 is 2. The molecule has 0 bridgehead atoms. The Morgan fingerprint density at radius 1 is 0.745 bits per heavy atom. The summed E-state index contributed by atoms with van der Waals surface area (Å²) in [6.07, 6.45) is 9.86. The number of carbonyl (C=O) groups is 3. The third-order valence-electron chi connectivity index (χ3n) is 8.45. The maximum Gasteiger partial charge on any atom is 0.313 e. The van der Waals surface area contributed by atoms with Gasteiger partial charge < -0.3 is 9.47 Å². The van der Waals surface area contributed by atoms with E-state index in [-0.39, 0.29) is 43.4 Å². The molecule has 0 N–H and O–H groups in total. The second kappa shape index (κ2) is 18.3. The van der Waals surface area contributed by atoms with E-state index in [1.165, 1.54) is 45.3 Å². The van der Waals surface area contributed by atoms with Crippen LogP contribution in [0.1, 0.15) is 94.6 Å². The molecule has 0 aromatic heterocycles. The number of ether oxygens (including phenoxy) is 2. The Balaban J connectivity index is 0.000000311. The lowest BCUT2D eigenvalue weighted by Crippen LogP contribution is -2.17. The lowest BCUT2D eigenvalue weighted by atomic mass is 9.88. The molecule has 2 saturated carbocycles. The van der Waals surface area contributed by atoms with Crippen molar-refractivity contribution in [1.82, 2.24) is 0 Å². The number of esters is 2. The highest BCUT2D eigenvalue weighted by Gasteiger charge is 2.31. The van der Waals surface area contributed by atoms with Gasteiger partial charge in [-0.25, -0.2) is 16.8 Å². The highest BCUT2D eigenvalue weighted by molar-refractivity contribution is 7.91. The summed E-state index contributed by atoms with van der Waals surface area (Å²) in [7, 11) is -4.12. The third kappa shape index (κ3) is 11.9. The highest BCUT2D eigenvalue weighted by Crippen LogP contribution is 2.37. The number of carbonyl (C=O) groups excluding carboxylic acids is 3. The van der Waals surface area contributed by atoms with Crippen molar-refractivity contribution in [3.63, 3.8) is 0 Å². The first kappa shape index (κ1) is 40.7. The van der Waals surface area contributed by atoms with Crippen molar-refractivity contribution in [2.45, 2.75) is 93.3 Å². The average Bonchev–Trinajstić information content (AvgIpc) is 3.69. The van der Waals surface area contributed by atoms with Gasteiger partial charge in [-0.15, -0.1) is 0 Å². The minimum Gasteiger partial charge on any atom is -0.469 e. The molecule has 2 aliphatic carbocycles. The Bertz CT molecular complexity index is 1620. The third-order valence-corrected chi connectivity index (χ3v) is 11.6. The molecule has 0 radical (unpaired) electrons. The summed E-state index contributed by atoms with van der Waals surface area (Å²) >= 11 is 12.2. The Labute approximate surface area is 289 Å². The van der Waals surface area contributed by atoms with Crippen molar-refractivity contribution >= 4 is 60.6 Å². The molecular formula is C34H46Cl2O9S2. The molecule has 262 valence electrons. The first-order valence-corrected chi connectivity index (χ1v) is 20.2. The standard InChI is InChI=1S/C16H19ClO5S.C16H21ClO4S.C2H6/c1-22-16(19)13(8-10-3-5-12(18)7-10)11-4-6-15(14(17)9-11)23(2,20)21;1-21-16(18)13(9-11-5-3-4-6-11)12-7-8-15(14(17)10-12)22(2,19)20;1-2/h4,6,9-10,13H,3,5,7-8H2,1-2H3;7-8,10-11,13H,3-6,9H2,1-2H3;1-2H3/t10?,13-;13-;/m11./s1. The minimum absolute atomic E-state index is 0.0302. The summed E-state index contributed by atoms with van der Waals surface area (Å²) in [6, 6.07) is 9.20. The zero-order valence-electron chi connectivity index (χ0n) is 27.9. The number of hydrogen-bond acceptors (Lipinski definition) is 9. The fraction of sp³-hybridized carbons (Fsp3) is 0.559. The van der Waals surface area contributed by atoms with E-state index >= 15 is 0 Å². The Morgan fingerprint density at radius 2 is 1.15 bits per heavy atom. The molecule has 0 amide bonds. The predicted molar refractivity (Wildman–Crippen MR) is 184 cm³/mol. The van der Waals surface area contributed by atoms with Crippen LogP contribution in [0.15, 0.2) is 46.2 Å². The van der Waals surface area contributed by atoms with Gasteiger partial charge in [0.15, 0.2) is 19.7 Å². The molecule has 0 saturated heterocycles. The summed E-state index contributed by atoms with van der Waals surface area (Å²) in [6.45, 7) is 4.00. The number of Topliss-reactive ketones (excluding diaryl/α,β-unsaturated/α-hetero) is 1. The van der Waals surface area contributed by atoms with Crippen LogP contribution in [-0.2, 0) is 43.5 Å².